The van der Waals surface area contributed by atoms with Gasteiger partial charge in [-0.15, -0.1) is 0 Å². The predicted octanol–water partition coefficient (Wildman–Crippen LogP) is 3.56. The van der Waals surface area contributed by atoms with E-state index in [1.54, 1.807) is 0 Å². The Morgan fingerprint density at radius 3 is 2.19 bits per heavy atom. The van der Waals surface area contributed by atoms with Crippen LogP contribution in [-0.4, -0.2) is 47.4 Å². The van der Waals surface area contributed by atoms with Gasteiger partial charge >= 0.3 is 0 Å². The fraction of sp³-hybridized carbons (Fsp3) is 0.833. The SMILES string of the molecule is C=C([C@@H]1CN(C(=O)CC(C)C)CCN1C(C)C)C(C)(C)C. The normalized spacial score (nSPS) is 21.2. The van der Waals surface area contributed by atoms with Gasteiger partial charge in [-0.25, -0.2) is 0 Å². The summed E-state index contributed by atoms with van der Waals surface area (Å²) in [5.41, 5.74) is 1.31. The summed E-state index contributed by atoms with van der Waals surface area (Å²) in [5, 5.41) is 0. The molecule has 1 atom stereocenters. The summed E-state index contributed by atoms with van der Waals surface area (Å²) in [6, 6.07) is 0.756. The van der Waals surface area contributed by atoms with Crippen LogP contribution in [0.15, 0.2) is 12.2 Å². The summed E-state index contributed by atoms with van der Waals surface area (Å²) in [6.07, 6.45) is 0.649. The van der Waals surface area contributed by atoms with Gasteiger partial charge in [-0.2, -0.15) is 0 Å². The summed E-state index contributed by atoms with van der Waals surface area (Å²) < 4.78 is 0. The summed E-state index contributed by atoms with van der Waals surface area (Å²) in [7, 11) is 0. The zero-order chi connectivity index (χ0) is 16.4. The lowest BCUT2D eigenvalue weighted by atomic mass is 9.81. The predicted molar refractivity (Wildman–Crippen MR) is 90.3 cm³/mol. The fourth-order valence-electron chi connectivity index (χ4n) is 2.93. The molecule has 3 heteroatoms. The van der Waals surface area contributed by atoms with Crippen LogP contribution in [0.5, 0.6) is 0 Å². The molecule has 0 bridgehead atoms. The first-order chi connectivity index (χ1) is 9.54. The highest BCUT2D eigenvalue weighted by Gasteiger charge is 2.35. The second-order valence-electron chi connectivity index (χ2n) is 8.06. The third-order valence-electron chi connectivity index (χ3n) is 4.39. The van der Waals surface area contributed by atoms with Crippen molar-refractivity contribution in [3.8, 4) is 0 Å². The summed E-state index contributed by atoms with van der Waals surface area (Å²) >= 11 is 0. The smallest absolute Gasteiger partial charge is 0.222 e. The second-order valence-corrected chi connectivity index (χ2v) is 8.06. The molecule has 1 aliphatic rings. The Labute approximate surface area is 131 Å². The Balaban J connectivity index is 2.88. The van der Waals surface area contributed by atoms with Crippen LogP contribution in [0.3, 0.4) is 0 Å². The summed E-state index contributed by atoms with van der Waals surface area (Å²) in [4.78, 5) is 16.9. The Kier molecular flexibility index (Phi) is 6.03. The van der Waals surface area contributed by atoms with Gasteiger partial charge in [-0.1, -0.05) is 46.8 Å². The summed E-state index contributed by atoms with van der Waals surface area (Å²) in [5.74, 6) is 0.713. The van der Waals surface area contributed by atoms with Crippen LogP contribution in [0.1, 0.15) is 54.9 Å². The summed E-state index contributed by atoms with van der Waals surface area (Å²) in [6.45, 7) is 22.2. The molecule has 1 fully saturated rings. The van der Waals surface area contributed by atoms with Gasteiger partial charge in [-0.3, -0.25) is 9.69 Å². The molecule has 0 unspecified atom stereocenters. The lowest BCUT2D eigenvalue weighted by molar-refractivity contribution is -0.135. The zero-order valence-electron chi connectivity index (χ0n) is 15.1. The minimum absolute atomic E-state index is 0.0713. The maximum absolute atomic E-state index is 12.4. The molecule has 3 nitrogen and oxygen atoms in total. The molecule has 1 amide bonds. The van der Waals surface area contributed by atoms with Gasteiger partial charge in [0, 0.05) is 38.1 Å². The lowest BCUT2D eigenvalue weighted by Crippen LogP contribution is -2.58. The first-order valence-electron chi connectivity index (χ1n) is 8.26. The van der Waals surface area contributed by atoms with Gasteiger partial charge in [0.1, 0.15) is 0 Å². The number of nitrogens with zero attached hydrogens (tertiary/aromatic N) is 2. The van der Waals surface area contributed by atoms with Gasteiger partial charge < -0.3 is 4.90 Å². The highest BCUT2D eigenvalue weighted by Crippen LogP contribution is 2.32. The van der Waals surface area contributed by atoms with Crippen molar-refractivity contribution in [1.82, 2.24) is 9.80 Å². The Morgan fingerprint density at radius 2 is 1.76 bits per heavy atom. The van der Waals surface area contributed by atoms with Crippen LogP contribution in [-0.2, 0) is 4.79 Å². The molecule has 1 saturated heterocycles. The van der Waals surface area contributed by atoms with Crippen molar-refractivity contribution in [3.63, 3.8) is 0 Å². The molecule has 21 heavy (non-hydrogen) atoms. The molecule has 1 heterocycles. The maximum Gasteiger partial charge on any atom is 0.222 e. The molecule has 0 aromatic carbocycles. The highest BCUT2D eigenvalue weighted by atomic mass is 16.2. The zero-order valence-corrected chi connectivity index (χ0v) is 15.1. The van der Waals surface area contributed by atoms with Crippen LogP contribution in [0.25, 0.3) is 0 Å². The maximum atomic E-state index is 12.4. The van der Waals surface area contributed by atoms with Gasteiger partial charge in [0.05, 0.1) is 0 Å². The third kappa shape index (κ3) is 4.84. The molecule has 0 radical (unpaired) electrons. The van der Waals surface area contributed by atoms with Crippen LogP contribution in [0.4, 0.5) is 0 Å². The minimum Gasteiger partial charge on any atom is -0.340 e. The quantitative estimate of drug-likeness (QED) is 0.740. The number of carbonyl (C=O) groups is 1. The van der Waals surface area contributed by atoms with E-state index in [4.69, 9.17) is 0 Å². The monoisotopic (exact) mass is 294 g/mol. The van der Waals surface area contributed by atoms with Crippen molar-refractivity contribution in [2.24, 2.45) is 11.3 Å². The number of piperazine rings is 1. The van der Waals surface area contributed by atoms with Crippen molar-refractivity contribution < 1.29 is 4.79 Å². The molecule has 0 spiro atoms. The molecule has 1 aliphatic heterocycles. The van der Waals surface area contributed by atoms with E-state index < -0.39 is 0 Å². The van der Waals surface area contributed by atoms with E-state index in [9.17, 15) is 4.79 Å². The van der Waals surface area contributed by atoms with Crippen LogP contribution < -0.4 is 0 Å². The average molecular weight is 294 g/mol. The van der Waals surface area contributed by atoms with Crippen LogP contribution >= 0.6 is 0 Å². The van der Waals surface area contributed by atoms with E-state index in [2.05, 4.69) is 59.9 Å². The number of hydrogen-bond donors (Lipinski definition) is 0. The van der Waals surface area contributed by atoms with E-state index in [1.165, 1.54) is 5.57 Å². The van der Waals surface area contributed by atoms with E-state index in [0.717, 1.165) is 19.6 Å². The van der Waals surface area contributed by atoms with E-state index in [-0.39, 0.29) is 11.5 Å². The van der Waals surface area contributed by atoms with Crippen LogP contribution in [0.2, 0.25) is 0 Å². The van der Waals surface area contributed by atoms with Crippen molar-refractivity contribution in [3.05, 3.63) is 12.2 Å². The lowest BCUT2D eigenvalue weighted by Gasteiger charge is -2.47. The Morgan fingerprint density at radius 1 is 1.19 bits per heavy atom. The van der Waals surface area contributed by atoms with Gasteiger partial charge in [0.2, 0.25) is 5.91 Å². The largest absolute Gasteiger partial charge is 0.340 e. The number of hydrogen-bond acceptors (Lipinski definition) is 2. The highest BCUT2D eigenvalue weighted by molar-refractivity contribution is 5.76. The topological polar surface area (TPSA) is 23.6 Å². The standard InChI is InChI=1S/C18H34N2O/c1-13(2)11-17(21)19-9-10-20(14(3)4)16(12-19)15(5)18(6,7)8/h13-14,16H,5,9-12H2,1-4,6-8H3/t16-/m0/s1. The number of rotatable bonds is 4. The molecule has 122 valence electrons. The molecular weight excluding hydrogens is 260 g/mol. The minimum atomic E-state index is 0.0713. The number of carbonyl (C=O) groups excluding carboxylic acids is 1. The van der Waals surface area contributed by atoms with Gasteiger partial charge in [0.15, 0.2) is 0 Å². The van der Waals surface area contributed by atoms with E-state index >= 15 is 0 Å². The van der Waals surface area contributed by atoms with Crippen molar-refractivity contribution in [2.45, 2.75) is 67.0 Å². The molecule has 0 aromatic heterocycles. The second kappa shape index (κ2) is 6.95. The Bertz CT molecular complexity index is 379. The van der Waals surface area contributed by atoms with Crippen LogP contribution in [0, 0.1) is 11.3 Å². The molecule has 0 saturated carbocycles. The average Bonchev–Trinajstić information content (AvgIpc) is 2.35. The number of amides is 1. The fourth-order valence-corrected chi connectivity index (χ4v) is 2.93. The molecular formula is C18H34N2O. The van der Waals surface area contributed by atoms with Crippen molar-refractivity contribution in [1.29, 1.82) is 0 Å². The van der Waals surface area contributed by atoms with Crippen molar-refractivity contribution >= 4 is 5.91 Å². The molecule has 0 aromatic rings. The Hall–Kier alpha value is -0.830. The van der Waals surface area contributed by atoms with E-state index in [0.29, 0.717) is 24.3 Å². The van der Waals surface area contributed by atoms with Gasteiger partial charge in [-0.05, 0) is 25.2 Å². The molecule has 0 N–H and O–H groups in total. The first kappa shape index (κ1) is 18.2. The molecule has 1 rings (SSSR count). The van der Waals surface area contributed by atoms with Gasteiger partial charge in [0.25, 0.3) is 0 Å². The molecule has 0 aliphatic carbocycles. The first-order valence-corrected chi connectivity index (χ1v) is 8.26. The third-order valence-corrected chi connectivity index (χ3v) is 4.39. The van der Waals surface area contributed by atoms with E-state index in [1.807, 2.05) is 4.90 Å². The van der Waals surface area contributed by atoms with Crippen molar-refractivity contribution in [2.75, 3.05) is 19.6 Å².